The number of ether oxygens (including phenoxy) is 1. The van der Waals surface area contributed by atoms with E-state index in [1.54, 1.807) is 17.0 Å². The van der Waals surface area contributed by atoms with Gasteiger partial charge in [0.1, 0.15) is 12.1 Å². The molecule has 3 aromatic heterocycles. The zero-order valence-corrected chi connectivity index (χ0v) is 18.2. The van der Waals surface area contributed by atoms with Crippen LogP contribution in [-0.4, -0.2) is 56.9 Å². The summed E-state index contributed by atoms with van der Waals surface area (Å²) in [5, 5.41) is 4.88. The number of nitrogens with two attached hydrogens (primary N) is 2. The molecule has 30 heavy (non-hydrogen) atoms. The molecule has 2 fully saturated rings. The molecule has 0 saturated carbocycles. The van der Waals surface area contributed by atoms with Crippen molar-refractivity contribution in [2.24, 2.45) is 11.1 Å². The maximum atomic E-state index is 6.34. The number of aryl methyl sites for hydroxylation is 1. The molecule has 2 saturated heterocycles. The number of fused-ring (bicyclic) bond motifs is 1. The van der Waals surface area contributed by atoms with Gasteiger partial charge in [0, 0.05) is 35.6 Å². The fraction of sp³-hybridized carbons (Fsp3) is 0.474. The number of anilines is 2. The molecule has 0 amide bonds. The van der Waals surface area contributed by atoms with Crippen molar-refractivity contribution in [2.75, 3.05) is 36.9 Å². The van der Waals surface area contributed by atoms with Crippen LogP contribution in [0.25, 0.3) is 5.65 Å². The second-order valence-corrected chi connectivity index (χ2v) is 9.33. The van der Waals surface area contributed by atoms with E-state index in [0.29, 0.717) is 17.4 Å². The standard InChI is InChI=1S/C19H23ClN8OS/c1-11-15(30-12-2-5-23-16(22)14(12)20)17-24-10-25-28(17)18(26-11)27-6-3-19(4-7-27)9-29-8-13(19)21/h2,5,10,13H,3-4,6-9,21H2,1H3,(H2,22,23). The Morgan fingerprint density at radius 3 is 2.83 bits per heavy atom. The lowest BCUT2D eigenvalue weighted by atomic mass is 9.75. The highest BCUT2D eigenvalue weighted by Crippen LogP contribution is 2.41. The number of nitrogens with zero attached hydrogens (tertiary/aromatic N) is 6. The van der Waals surface area contributed by atoms with Gasteiger partial charge in [-0.2, -0.15) is 9.61 Å². The van der Waals surface area contributed by atoms with Crippen molar-refractivity contribution in [3.8, 4) is 0 Å². The molecule has 5 rings (SSSR count). The van der Waals surface area contributed by atoms with Gasteiger partial charge in [-0.25, -0.2) is 15.0 Å². The first-order chi connectivity index (χ1) is 14.5. The Bertz CT molecular complexity index is 1100. The summed E-state index contributed by atoms with van der Waals surface area (Å²) in [5.41, 5.74) is 13.9. The van der Waals surface area contributed by atoms with Gasteiger partial charge >= 0.3 is 0 Å². The second-order valence-electron chi connectivity index (χ2n) is 7.90. The summed E-state index contributed by atoms with van der Waals surface area (Å²) in [6.45, 7) is 5.09. The summed E-state index contributed by atoms with van der Waals surface area (Å²) in [7, 11) is 0. The average molecular weight is 447 g/mol. The lowest BCUT2D eigenvalue weighted by Crippen LogP contribution is -2.49. The van der Waals surface area contributed by atoms with E-state index in [1.807, 2.05) is 13.0 Å². The van der Waals surface area contributed by atoms with Crippen LogP contribution in [0.4, 0.5) is 11.8 Å². The van der Waals surface area contributed by atoms with Crippen LogP contribution in [0.2, 0.25) is 5.02 Å². The van der Waals surface area contributed by atoms with Crippen LogP contribution in [-0.2, 0) is 4.74 Å². The van der Waals surface area contributed by atoms with Gasteiger partial charge < -0.3 is 21.1 Å². The zero-order chi connectivity index (χ0) is 20.9. The summed E-state index contributed by atoms with van der Waals surface area (Å²) in [6.07, 6.45) is 5.16. The van der Waals surface area contributed by atoms with E-state index in [-0.39, 0.29) is 11.5 Å². The number of aromatic nitrogens is 5. The molecule has 9 nitrogen and oxygen atoms in total. The fourth-order valence-corrected chi connectivity index (χ4v) is 5.44. The predicted molar refractivity (Wildman–Crippen MR) is 116 cm³/mol. The lowest BCUT2D eigenvalue weighted by Gasteiger charge is -2.41. The number of pyridine rings is 1. The van der Waals surface area contributed by atoms with Crippen molar-refractivity contribution in [3.63, 3.8) is 0 Å². The molecule has 0 aliphatic carbocycles. The van der Waals surface area contributed by atoms with Gasteiger partial charge in [-0.3, -0.25) is 0 Å². The van der Waals surface area contributed by atoms with E-state index in [9.17, 15) is 0 Å². The summed E-state index contributed by atoms with van der Waals surface area (Å²) < 4.78 is 7.45. The highest BCUT2D eigenvalue weighted by molar-refractivity contribution is 7.99. The summed E-state index contributed by atoms with van der Waals surface area (Å²) in [4.78, 5) is 17.4. The Labute approximate surface area is 183 Å². The molecule has 3 aromatic rings. The zero-order valence-electron chi connectivity index (χ0n) is 16.6. The monoisotopic (exact) mass is 446 g/mol. The third-order valence-corrected chi connectivity index (χ3v) is 7.90. The minimum absolute atomic E-state index is 0.0842. The summed E-state index contributed by atoms with van der Waals surface area (Å²) >= 11 is 7.82. The third kappa shape index (κ3) is 3.18. The molecule has 2 aliphatic heterocycles. The number of nitrogen functional groups attached to an aromatic ring is 1. The van der Waals surface area contributed by atoms with E-state index in [1.165, 1.54) is 11.8 Å². The Morgan fingerprint density at radius 1 is 1.30 bits per heavy atom. The van der Waals surface area contributed by atoms with Crippen LogP contribution in [0.3, 0.4) is 0 Å². The van der Waals surface area contributed by atoms with E-state index in [0.717, 1.165) is 59.6 Å². The fourth-order valence-electron chi connectivity index (χ4n) is 4.25. The predicted octanol–water partition coefficient (Wildman–Crippen LogP) is 2.16. The molecular weight excluding hydrogens is 424 g/mol. The summed E-state index contributed by atoms with van der Waals surface area (Å²) in [5.74, 6) is 1.10. The van der Waals surface area contributed by atoms with Crippen molar-refractivity contribution in [2.45, 2.75) is 35.6 Å². The number of hydrogen-bond donors (Lipinski definition) is 2. The highest BCUT2D eigenvalue weighted by Gasteiger charge is 2.44. The van der Waals surface area contributed by atoms with Gasteiger partial charge in [-0.1, -0.05) is 23.4 Å². The van der Waals surface area contributed by atoms with Crippen LogP contribution in [0, 0.1) is 12.3 Å². The third-order valence-electron chi connectivity index (χ3n) is 6.14. The lowest BCUT2D eigenvalue weighted by molar-refractivity contribution is 0.131. The first-order valence-corrected chi connectivity index (χ1v) is 11.0. The number of piperidine rings is 1. The molecule has 158 valence electrons. The van der Waals surface area contributed by atoms with Gasteiger partial charge in [0.05, 0.1) is 28.8 Å². The maximum Gasteiger partial charge on any atom is 0.228 e. The first kappa shape index (κ1) is 19.8. The van der Waals surface area contributed by atoms with E-state index in [4.69, 9.17) is 32.8 Å². The van der Waals surface area contributed by atoms with Crippen LogP contribution in [0.5, 0.6) is 0 Å². The molecule has 1 unspecified atom stereocenters. The van der Waals surface area contributed by atoms with Crippen LogP contribution < -0.4 is 16.4 Å². The Balaban J connectivity index is 1.47. The van der Waals surface area contributed by atoms with Crippen LogP contribution >= 0.6 is 23.4 Å². The Kier molecular flexibility index (Phi) is 4.97. The van der Waals surface area contributed by atoms with Gasteiger partial charge in [-0.05, 0) is 25.8 Å². The van der Waals surface area contributed by atoms with Crippen molar-refractivity contribution >= 4 is 40.8 Å². The molecular formula is C19H23ClN8OS. The van der Waals surface area contributed by atoms with Gasteiger partial charge in [0.25, 0.3) is 0 Å². The first-order valence-electron chi connectivity index (χ1n) is 9.85. The molecule has 0 radical (unpaired) electrons. The van der Waals surface area contributed by atoms with Crippen molar-refractivity contribution in [1.29, 1.82) is 0 Å². The van der Waals surface area contributed by atoms with E-state index >= 15 is 0 Å². The number of halogens is 1. The molecule has 11 heteroatoms. The molecule has 0 bridgehead atoms. The van der Waals surface area contributed by atoms with Crippen LogP contribution in [0.1, 0.15) is 18.5 Å². The number of hydrogen-bond acceptors (Lipinski definition) is 9. The minimum Gasteiger partial charge on any atom is -0.382 e. The molecule has 1 atom stereocenters. The van der Waals surface area contributed by atoms with E-state index < -0.39 is 0 Å². The second kappa shape index (κ2) is 7.52. The van der Waals surface area contributed by atoms with Crippen molar-refractivity contribution in [1.82, 2.24) is 24.6 Å². The summed E-state index contributed by atoms with van der Waals surface area (Å²) in [6, 6.07) is 1.94. The maximum absolute atomic E-state index is 6.34. The SMILES string of the molecule is Cc1nc(N2CCC3(CC2)COCC3N)n2ncnc2c1Sc1ccnc(N)c1Cl. The number of rotatable bonds is 3. The van der Waals surface area contributed by atoms with Gasteiger partial charge in [0.15, 0.2) is 5.65 Å². The molecule has 0 aromatic carbocycles. The quantitative estimate of drug-likeness (QED) is 0.623. The Hall–Kier alpha value is -2.14. The van der Waals surface area contributed by atoms with Gasteiger partial charge in [-0.15, -0.1) is 0 Å². The largest absolute Gasteiger partial charge is 0.382 e. The molecule has 1 spiro atoms. The highest BCUT2D eigenvalue weighted by atomic mass is 35.5. The molecule has 5 heterocycles. The molecule has 4 N–H and O–H groups in total. The smallest absolute Gasteiger partial charge is 0.228 e. The van der Waals surface area contributed by atoms with Gasteiger partial charge in [0.2, 0.25) is 5.95 Å². The van der Waals surface area contributed by atoms with E-state index in [2.05, 4.69) is 20.0 Å². The minimum atomic E-state index is 0.0842. The topological polar surface area (TPSA) is 120 Å². The normalized spacial score (nSPS) is 21.0. The van der Waals surface area contributed by atoms with Crippen LogP contribution in [0.15, 0.2) is 28.4 Å². The van der Waals surface area contributed by atoms with Crippen molar-refractivity contribution < 1.29 is 4.74 Å². The van der Waals surface area contributed by atoms with Crippen molar-refractivity contribution in [3.05, 3.63) is 29.3 Å². The Morgan fingerprint density at radius 2 is 2.10 bits per heavy atom. The average Bonchev–Trinajstić information content (AvgIpc) is 3.36. The molecule has 2 aliphatic rings.